The van der Waals surface area contributed by atoms with E-state index in [2.05, 4.69) is 10.3 Å². The first-order valence-electron chi connectivity index (χ1n) is 6.26. The maximum atomic E-state index is 12.1. The van der Waals surface area contributed by atoms with Crippen LogP contribution in [0.25, 0.3) is 0 Å². The number of carbonyl (C=O) groups excluding carboxylic acids is 1. The van der Waals surface area contributed by atoms with Crippen LogP contribution >= 0.6 is 0 Å². The predicted octanol–water partition coefficient (Wildman–Crippen LogP) is 1.83. The highest BCUT2D eigenvalue weighted by Crippen LogP contribution is 2.17. The minimum atomic E-state index is -0.132. The molecule has 4 heteroatoms. The van der Waals surface area contributed by atoms with Crippen LogP contribution in [0.4, 0.5) is 0 Å². The number of benzene rings is 1. The van der Waals surface area contributed by atoms with Crippen molar-refractivity contribution in [2.75, 3.05) is 6.61 Å². The second-order valence-corrected chi connectivity index (χ2v) is 4.02. The molecule has 19 heavy (non-hydrogen) atoms. The highest BCUT2D eigenvalue weighted by molar-refractivity contribution is 5.96. The summed E-state index contributed by atoms with van der Waals surface area (Å²) in [6.07, 6.45) is 3.68. The molecule has 1 heterocycles. The van der Waals surface area contributed by atoms with Crippen molar-refractivity contribution in [2.45, 2.75) is 13.5 Å². The number of ether oxygens (including phenoxy) is 1. The molecule has 0 spiro atoms. The molecule has 0 aliphatic rings. The van der Waals surface area contributed by atoms with Gasteiger partial charge in [0.15, 0.2) is 12.4 Å². The molecule has 0 saturated heterocycles. The number of para-hydroxylation sites is 1. The molecule has 1 amide bonds. The first-order valence-corrected chi connectivity index (χ1v) is 6.26. The zero-order chi connectivity index (χ0) is 13.5. The average molecular weight is 257 g/mol. The van der Waals surface area contributed by atoms with Crippen LogP contribution in [0.15, 0.2) is 48.8 Å². The number of hydrogen-bond acceptors (Lipinski definition) is 2. The van der Waals surface area contributed by atoms with E-state index < -0.39 is 0 Å². The van der Waals surface area contributed by atoms with Crippen LogP contribution in [0.2, 0.25) is 0 Å². The molecule has 1 aromatic carbocycles. The Balaban J connectivity index is 2.04. The Morgan fingerprint density at radius 3 is 2.84 bits per heavy atom. The van der Waals surface area contributed by atoms with Gasteiger partial charge in [-0.3, -0.25) is 4.79 Å². The minimum Gasteiger partial charge on any atom is -0.493 e. The van der Waals surface area contributed by atoms with E-state index in [1.807, 2.05) is 43.6 Å². The Morgan fingerprint density at radius 1 is 1.26 bits per heavy atom. The minimum absolute atomic E-state index is 0.132. The number of amides is 1. The van der Waals surface area contributed by atoms with Crippen molar-refractivity contribution in [3.63, 3.8) is 0 Å². The van der Waals surface area contributed by atoms with Gasteiger partial charge in [-0.25, -0.2) is 4.98 Å². The van der Waals surface area contributed by atoms with Crippen LogP contribution in [0, 0.1) is 0 Å². The fraction of sp³-hybridized carbons (Fsp3) is 0.200. The quantitative estimate of drug-likeness (QED) is 0.888. The van der Waals surface area contributed by atoms with E-state index in [0.29, 0.717) is 24.5 Å². The Hall–Kier alpha value is -2.36. The predicted molar refractivity (Wildman–Crippen MR) is 71.8 cm³/mol. The molecule has 0 radical (unpaired) electrons. The molecule has 0 saturated carbocycles. The van der Waals surface area contributed by atoms with E-state index in [4.69, 9.17) is 4.74 Å². The topological polar surface area (TPSA) is 52.5 Å². The molecule has 2 aromatic rings. The van der Waals surface area contributed by atoms with Crippen molar-refractivity contribution in [1.29, 1.82) is 0 Å². The zero-order valence-corrected chi connectivity index (χ0v) is 10.8. The number of rotatable bonds is 5. The Morgan fingerprint density at radius 2 is 2.11 bits per heavy atom. The second kappa shape index (κ2) is 6.54. The number of pyridine rings is 1. The van der Waals surface area contributed by atoms with Crippen LogP contribution in [-0.2, 0) is 6.54 Å². The van der Waals surface area contributed by atoms with E-state index in [1.54, 1.807) is 12.1 Å². The Labute approximate surface area is 112 Å². The number of aromatic nitrogens is 1. The van der Waals surface area contributed by atoms with Gasteiger partial charge in [0.05, 0.1) is 12.2 Å². The molecule has 0 fully saturated rings. The molecular formula is C15H17N2O2+. The van der Waals surface area contributed by atoms with Crippen molar-refractivity contribution < 1.29 is 14.5 Å². The molecule has 2 rings (SSSR count). The Bertz CT molecular complexity index is 541. The summed E-state index contributed by atoms with van der Waals surface area (Å²) in [4.78, 5) is 15.1. The first-order chi connectivity index (χ1) is 9.31. The summed E-state index contributed by atoms with van der Waals surface area (Å²) < 4.78 is 5.44. The highest BCUT2D eigenvalue weighted by atomic mass is 16.5. The van der Waals surface area contributed by atoms with E-state index in [9.17, 15) is 4.79 Å². The third-order valence-electron chi connectivity index (χ3n) is 2.66. The van der Waals surface area contributed by atoms with E-state index >= 15 is 0 Å². The number of carbonyl (C=O) groups is 1. The fourth-order valence-corrected chi connectivity index (χ4v) is 1.75. The zero-order valence-electron chi connectivity index (χ0n) is 10.8. The molecule has 2 N–H and O–H groups in total. The summed E-state index contributed by atoms with van der Waals surface area (Å²) in [7, 11) is 0. The van der Waals surface area contributed by atoms with Gasteiger partial charge in [0.2, 0.25) is 0 Å². The van der Waals surface area contributed by atoms with E-state index in [-0.39, 0.29) is 5.91 Å². The molecule has 0 aliphatic carbocycles. The van der Waals surface area contributed by atoms with Gasteiger partial charge < -0.3 is 10.1 Å². The molecule has 98 valence electrons. The smallest absolute Gasteiger partial charge is 0.255 e. The van der Waals surface area contributed by atoms with Crippen LogP contribution in [0.1, 0.15) is 22.8 Å². The van der Waals surface area contributed by atoms with Crippen LogP contribution in [0.5, 0.6) is 5.75 Å². The number of aromatic amines is 1. The second-order valence-electron chi connectivity index (χ2n) is 4.02. The summed E-state index contributed by atoms with van der Waals surface area (Å²) in [6, 6.07) is 11.1. The summed E-state index contributed by atoms with van der Waals surface area (Å²) in [6.45, 7) is 2.92. The van der Waals surface area contributed by atoms with Gasteiger partial charge in [0.1, 0.15) is 5.75 Å². The van der Waals surface area contributed by atoms with Gasteiger partial charge >= 0.3 is 0 Å². The fourth-order valence-electron chi connectivity index (χ4n) is 1.75. The van der Waals surface area contributed by atoms with Crippen molar-refractivity contribution >= 4 is 5.91 Å². The van der Waals surface area contributed by atoms with Crippen molar-refractivity contribution in [2.24, 2.45) is 0 Å². The molecule has 0 bridgehead atoms. The normalized spacial score (nSPS) is 9.95. The molecule has 1 aromatic heterocycles. The Kier molecular flexibility index (Phi) is 4.50. The lowest BCUT2D eigenvalue weighted by atomic mass is 10.2. The third kappa shape index (κ3) is 3.55. The van der Waals surface area contributed by atoms with Gasteiger partial charge in [-0.2, -0.15) is 0 Å². The highest BCUT2D eigenvalue weighted by Gasteiger charge is 2.11. The van der Waals surface area contributed by atoms with E-state index in [1.165, 1.54) is 0 Å². The van der Waals surface area contributed by atoms with Crippen molar-refractivity contribution in [3.8, 4) is 5.75 Å². The standard InChI is InChI=1S/C15H16N2O2/c1-2-19-14-8-4-3-7-13(14)15(18)17-11-12-6-5-9-16-10-12/h3-10H,2,11H2,1H3,(H,17,18)/p+1. The molecular weight excluding hydrogens is 240 g/mol. The van der Waals surface area contributed by atoms with E-state index in [0.717, 1.165) is 5.56 Å². The summed E-state index contributed by atoms with van der Waals surface area (Å²) >= 11 is 0. The largest absolute Gasteiger partial charge is 0.493 e. The summed E-state index contributed by atoms with van der Waals surface area (Å²) in [5.74, 6) is 0.482. The first kappa shape index (κ1) is 13.1. The summed E-state index contributed by atoms with van der Waals surface area (Å²) in [5.41, 5.74) is 1.58. The number of nitrogens with one attached hydrogen (secondary N) is 2. The number of H-pyrrole nitrogens is 1. The lowest BCUT2D eigenvalue weighted by molar-refractivity contribution is -0.378. The van der Waals surface area contributed by atoms with Gasteiger partial charge in [-0.15, -0.1) is 0 Å². The molecule has 4 nitrogen and oxygen atoms in total. The number of hydrogen-bond donors (Lipinski definition) is 1. The average Bonchev–Trinajstić information content (AvgIpc) is 2.47. The van der Waals surface area contributed by atoms with Crippen LogP contribution in [0.3, 0.4) is 0 Å². The molecule has 0 unspecified atom stereocenters. The van der Waals surface area contributed by atoms with Crippen molar-refractivity contribution in [1.82, 2.24) is 5.32 Å². The monoisotopic (exact) mass is 257 g/mol. The van der Waals surface area contributed by atoms with Crippen LogP contribution < -0.4 is 15.0 Å². The maximum absolute atomic E-state index is 12.1. The van der Waals surface area contributed by atoms with Gasteiger partial charge in [0, 0.05) is 18.2 Å². The maximum Gasteiger partial charge on any atom is 0.255 e. The molecule has 0 aliphatic heterocycles. The van der Waals surface area contributed by atoms with Crippen LogP contribution in [-0.4, -0.2) is 12.5 Å². The molecule has 0 atom stereocenters. The lowest BCUT2D eigenvalue weighted by Gasteiger charge is -2.09. The van der Waals surface area contributed by atoms with Gasteiger partial charge in [0.25, 0.3) is 5.91 Å². The lowest BCUT2D eigenvalue weighted by Crippen LogP contribution is -2.24. The summed E-state index contributed by atoms with van der Waals surface area (Å²) in [5, 5.41) is 2.88. The van der Waals surface area contributed by atoms with Crippen molar-refractivity contribution in [3.05, 3.63) is 59.9 Å². The van der Waals surface area contributed by atoms with Gasteiger partial charge in [-0.1, -0.05) is 12.1 Å². The SMILES string of the molecule is CCOc1ccccc1C(=O)NCc1ccc[nH+]c1. The third-order valence-corrected chi connectivity index (χ3v) is 2.66. The van der Waals surface area contributed by atoms with Gasteiger partial charge in [-0.05, 0) is 25.1 Å².